The Labute approximate surface area is 164 Å². The van der Waals surface area contributed by atoms with Crippen LogP contribution in [0.25, 0.3) is 0 Å². The Morgan fingerprint density at radius 3 is 1.61 bits per heavy atom. The molecular formula is C18H21N3O5S2. The van der Waals surface area contributed by atoms with Gasteiger partial charge in [0.05, 0.1) is 9.79 Å². The van der Waals surface area contributed by atoms with Gasteiger partial charge in [0.2, 0.25) is 26.0 Å². The fourth-order valence-electron chi connectivity index (χ4n) is 2.95. The first-order valence-corrected chi connectivity index (χ1v) is 11.5. The first-order valence-electron chi connectivity index (χ1n) is 8.64. The molecule has 2 aromatic rings. The smallest absolute Gasteiger partial charge is 0.243 e. The molecule has 1 fully saturated rings. The van der Waals surface area contributed by atoms with Crippen LogP contribution in [0.1, 0.15) is 6.92 Å². The minimum atomic E-state index is -3.74. The average Bonchev–Trinajstić information content (AvgIpc) is 2.69. The quantitative estimate of drug-likeness (QED) is 0.782. The molecule has 0 radical (unpaired) electrons. The number of nitrogens with zero attached hydrogens (tertiary/aromatic N) is 2. The SMILES string of the molecule is CC(=O)Nc1ccc(S(=O)(=O)N2CCN(S(=O)(=O)c3ccccc3)CC2)cc1. The standard InChI is InChI=1S/C18H21N3O5S2/c1-15(22)19-16-7-9-18(10-8-16)28(25,26)21-13-11-20(12-14-21)27(23,24)17-5-3-2-4-6-17/h2-10H,11-14H2,1H3,(H,19,22). The van der Waals surface area contributed by atoms with Gasteiger partial charge in [0.25, 0.3) is 0 Å². The van der Waals surface area contributed by atoms with Crippen LogP contribution < -0.4 is 5.32 Å². The van der Waals surface area contributed by atoms with Crippen LogP contribution in [0.4, 0.5) is 5.69 Å². The monoisotopic (exact) mass is 423 g/mol. The van der Waals surface area contributed by atoms with Gasteiger partial charge in [-0.25, -0.2) is 16.8 Å². The Hall–Kier alpha value is -2.27. The highest BCUT2D eigenvalue weighted by atomic mass is 32.2. The predicted octanol–water partition coefficient (Wildman–Crippen LogP) is 1.34. The van der Waals surface area contributed by atoms with Crippen molar-refractivity contribution in [2.45, 2.75) is 16.7 Å². The molecule has 10 heteroatoms. The zero-order valence-electron chi connectivity index (χ0n) is 15.3. The molecule has 0 unspecified atom stereocenters. The molecule has 0 atom stereocenters. The fourth-order valence-corrected chi connectivity index (χ4v) is 5.82. The summed E-state index contributed by atoms with van der Waals surface area (Å²) in [4.78, 5) is 11.4. The number of hydrogen-bond acceptors (Lipinski definition) is 5. The predicted molar refractivity (Wildman–Crippen MR) is 105 cm³/mol. The highest BCUT2D eigenvalue weighted by Gasteiger charge is 2.33. The molecule has 150 valence electrons. The van der Waals surface area contributed by atoms with Crippen molar-refractivity contribution in [1.82, 2.24) is 8.61 Å². The Bertz CT molecular complexity index is 1040. The summed E-state index contributed by atoms with van der Waals surface area (Å²) in [5.74, 6) is -0.244. The Balaban J connectivity index is 1.71. The minimum absolute atomic E-state index is 0.0713. The van der Waals surface area contributed by atoms with E-state index in [0.29, 0.717) is 5.69 Å². The molecular weight excluding hydrogens is 402 g/mol. The molecule has 1 aliphatic rings. The number of rotatable bonds is 5. The number of amides is 1. The van der Waals surface area contributed by atoms with Crippen molar-refractivity contribution >= 4 is 31.6 Å². The topological polar surface area (TPSA) is 104 Å². The van der Waals surface area contributed by atoms with Gasteiger partial charge in [-0.2, -0.15) is 8.61 Å². The van der Waals surface area contributed by atoms with E-state index in [2.05, 4.69) is 5.32 Å². The molecule has 1 heterocycles. The zero-order chi connectivity index (χ0) is 20.4. The number of hydrogen-bond donors (Lipinski definition) is 1. The molecule has 0 aromatic heterocycles. The van der Waals surface area contributed by atoms with Crippen LogP contribution in [-0.4, -0.2) is 57.5 Å². The highest BCUT2D eigenvalue weighted by molar-refractivity contribution is 7.89. The van der Waals surface area contributed by atoms with Gasteiger partial charge in [0.1, 0.15) is 0 Å². The van der Waals surface area contributed by atoms with Crippen LogP contribution in [0.15, 0.2) is 64.4 Å². The van der Waals surface area contributed by atoms with Crippen LogP contribution in [0.2, 0.25) is 0 Å². The van der Waals surface area contributed by atoms with Crippen LogP contribution in [0.3, 0.4) is 0 Å². The number of carbonyl (C=O) groups is 1. The lowest BCUT2D eigenvalue weighted by atomic mass is 10.3. The Morgan fingerprint density at radius 2 is 1.18 bits per heavy atom. The van der Waals surface area contributed by atoms with Gasteiger partial charge in [-0.1, -0.05) is 18.2 Å². The first kappa shape index (κ1) is 20.5. The molecule has 28 heavy (non-hydrogen) atoms. The van der Waals surface area contributed by atoms with E-state index in [9.17, 15) is 21.6 Å². The summed E-state index contributed by atoms with van der Waals surface area (Å²) in [7, 11) is -7.38. The maximum absolute atomic E-state index is 12.8. The second-order valence-electron chi connectivity index (χ2n) is 6.33. The number of benzene rings is 2. The molecule has 3 rings (SSSR count). The van der Waals surface area contributed by atoms with Crippen molar-refractivity contribution in [1.29, 1.82) is 0 Å². The summed E-state index contributed by atoms with van der Waals surface area (Å²) >= 11 is 0. The van der Waals surface area contributed by atoms with Crippen LogP contribution >= 0.6 is 0 Å². The van der Waals surface area contributed by atoms with Crippen molar-refractivity contribution in [2.24, 2.45) is 0 Å². The lowest BCUT2D eigenvalue weighted by Gasteiger charge is -2.33. The van der Waals surface area contributed by atoms with Crippen LogP contribution in [-0.2, 0) is 24.8 Å². The molecule has 0 aliphatic carbocycles. The van der Waals surface area contributed by atoms with Crippen molar-refractivity contribution in [3.63, 3.8) is 0 Å². The molecule has 0 saturated carbocycles. The number of nitrogens with one attached hydrogen (secondary N) is 1. The number of sulfonamides is 2. The van der Waals surface area contributed by atoms with E-state index < -0.39 is 20.0 Å². The number of anilines is 1. The van der Waals surface area contributed by atoms with E-state index in [1.54, 1.807) is 18.2 Å². The van der Waals surface area contributed by atoms with Gasteiger partial charge >= 0.3 is 0 Å². The van der Waals surface area contributed by atoms with E-state index in [4.69, 9.17) is 0 Å². The van der Waals surface area contributed by atoms with Gasteiger partial charge < -0.3 is 5.32 Å². The summed E-state index contributed by atoms with van der Waals surface area (Å²) in [5, 5.41) is 2.58. The van der Waals surface area contributed by atoms with E-state index >= 15 is 0 Å². The van der Waals surface area contributed by atoms with Gasteiger partial charge in [0.15, 0.2) is 0 Å². The number of carbonyl (C=O) groups excluding carboxylic acids is 1. The molecule has 1 aliphatic heterocycles. The summed E-state index contributed by atoms with van der Waals surface area (Å²) in [5.41, 5.74) is 0.505. The Kier molecular flexibility index (Phi) is 5.84. The Morgan fingerprint density at radius 1 is 0.750 bits per heavy atom. The van der Waals surface area contributed by atoms with E-state index in [1.807, 2.05) is 0 Å². The molecule has 8 nitrogen and oxygen atoms in total. The molecule has 1 N–H and O–H groups in total. The summed E-state index contributed by atoms with van der Waals surface area (Å²) < 4.78 is 53.5. The zero-order valence-corrected chi connectivity index (χ0v) is 16.9. The highest BCUT2D eigenvalue weighted by Crippen LogP contribution is 2.22. The van der Waals surface area contributed by atoms with Gasteiger partial charge in [0, 0.05) is 38.8 Å². The van der Waals surface area contributed by atoms with Crippen LogP contribution in [0, 0.1) is 0 Å². The fraction of sp³-hybridized carbons (Fsp3) is 0.278. The lowest BCUT2D eigenvalue weighted by molar-refractivity contribution is -0.114. The first-order chi connectivity index (χ1) is 13.2. The normalized spacial score (nSPS) is 16.6. The minimum Gasteiger partial charge on any atom is -0.326 e. The van der Waals surface area contributed by atoms with Crippen molar-refractivity contribution in [3.8, 4) is 0 Å². The van der Waals surface area contributed by atoms with Crippen molar-refractivity contribution in [3.05, 3.63) is 54.6 Å². The van der Waals surface area contributed by atoms with Crippen molar-refractivity contribution in [2.75, 3.05) is 31.5 Å². The lowest BCUT2D eigenvalue weighted by Crippen LogP contribution is -2.50. The van der Waals surface area contributed by atoms with Crippen LogP contribution in [0.5, 0.6) is 0 Å². The van der Waals surface area contributed by atoms with Gasteiger partial charge in [-0.05, 0) is 36.4 Å². The van der Waals surface area contributed by atoms with Gasteiger partial charge in [-0.15, -0.1) is 0 Å². The molecule has 2 aromatic carbocycles. The molecule has 1 saturated heterocycles. The van der Waals surface area contributed by atoms with E-state index in [-0.39, 0.29) is 41.9 Å². The number of piperazine rings is 1. The summed E-state index contributed by atoms with van der Waals surface area (Å²) in [6.45, 7) is 1.68. The van der Waals surface area contributed by atoms with E-state index in [0.717, 1.165) is 0 Å². The summed E-state index contributed by atoms with van der Waals surface area (Å²) in [6.07, 6.45) is 0. The second-order valence-corrected chi connectivity index (χ2v) is 10.2. The summed E-state index contributed by atoms with van der Waals surface area (Å²) in [6, 6.07) is 14.0. The maximum Gasteiger partial charge on any atom is 0.243 e. The van der Waals surface area contributed by atoms with Gasteiger partial charge in [-0.3, -0.25) is 4.79 Å². The van der Waals surface area contributed by atoms with E-state index in [1.165, 1.54) is 51.9 Å². The largest absolute Gasteiger partial charge is 0.326 e. The third-order valence-electron chi connectivity index (χ3n) is 4.39. The van der Waals surface area contributed by atoms with Crippen molar-refractivity contribution < 1.29 is 21.6 Å². The maximum atomic E-state index is 12.8. The second kappa shape index (κ2) is 8.00. The third-order valence-corrected chi connectivity index (χ3v) is 8.22. The average molecular weight is 424 g/mol. The molecule has 0 spiro atoms. The molecule has 1 amide bonds. The third kappa shape index (κ3) is 4.25. The molecule has 0 bridgehead atoms.